The number of hydrogen-bond acceptors (Lipinski definition) is 3. The Balaban J connectivity index is 2.21. The second-order valence-electron chi connectivity index (χ2n) is 9.02. The van der Waals surface area contributed by atoms with E-state index in [2.05, 4.69) is 77.9 Å². The van der Waals surface area contributed by atoms with Gasteiger partial charge in [0.05, 0.1) is 12.8 Å². The van der Waals surface area contributed by atoms with Crippen LogP contribution in [0, 0.1) is 6.92 Å². The van der Waals surface area contributed by atoms with E-state index in [1.165, 1.54) is 16.7 Å². The Hall–Kier alpha value is -1.57. The van der Waals surface area contributed by atoms with E-state index in [-0.39, 0.29) is 17.4 Å². The van der Waals surface area contributed by atoms with Crippen molar-refractivity contribution in [3.05, 3.63) is 58.7 Å². The van der Waals surface area contributed by atoms with Gasteiger partial charge in [-0.25, -0.2) is 0 Å². The standard InChI is InChI=1S/C23H31O3P/c1-16-9-7-12-19-20(16)25-27(14-13-24)26-21-17(15-23(19,5)6)10-8-11-18(21)22(2,3)4/h7-12,24H,13-15H2,1-6H3. The molecule has 0 saturated carbocycles. The van der Waals surface area contributed by atoms with Gasteiger partial charge in [-0.05, 0) is 35.3 Å². The van der Waals surface area contributed by atoms with E-state index in [0.717, 1.165) is 23.5 Å². The van der Waals surface area contributed by atoms with Crippen LogP contribution in [0.3, 0.4) is 0 Å². The van der Waals surface area contributed by atoms with Crippen LogP contribution in [0.2, 0.25) is 0 Å². The molecule has 3 nitrogen and oxygen atoms in total. The van der Waals surface area contributed by atoms with Crippen molar-refractivity contribution in [2.45, 2.75) is 58.8 Å². The molecule has 0 aromatic heterocycles. The highest BCUT2D eigenvalue weighted by Gasteiger charge is 2.33. The van der Waals surface area contributed by atoms with Gasteiger partial charge in [0, 0.05) is 11.1 Å². The maximum absolute atomic E-state index is 9.60. The number of aliphatic hydroxyl groups excluding tert-OH is 1. The maximum atomic E-state index is 9.60. The fraction of sp³-hybridized carbons (Fsp3) is 0.478. The number of para-hydroxylation sites is 2. The molecule has 0 fully saturated rings. The lowest BCUT2D eigenvalue weighted by molar-refractivity contribution is 0.314. The summed E-state index contributed by atoms with van der Waals surface area (Å²) in [5.74, 6) is 1.84. The van der Waals surface area contributed by atoms with Crippen LogP contribution in [-0.2, 0) is 17.3 Å². The molecule has 1 heterocycles. The van der Waals surface area contributed by atoms with Crippen molar-refractivity contribution in [1.29, 1.82) is 0 Å². The molecule has 0 aliphatic carbocycles. The molecule has 3 rings (SSSR count). The number of fused-ring (bicyclic) bond motifs is 2. The highest BCUT2D eigenvalue weighted by Crippen LogP contribution is 2.51. The molecule has 1 aliphatic heterocycles. The van der Waals surface area contributed by atoms with Gasteiger partial charge < -0.3 is 14.2 Å². The molecule has 27 heavy (non-hydrogen) atoms. The van der Waals surface area contributed by atoms with Gasteiger partial charge in [0.25, 0.3) is 8.38 Å². The van der Waals surface area contributed by atoms with Crippen molar-refractivity contribution in [2.24, 2.45) is 0 Å². The third-order valence-electron chi connectivity index (χ3n) is 5.15. The topological polar surface area (TPSA) is 38.7 Å². The molecule has 0 bridgehead atoms. The molecule has 146 valence electrons. The first-order valence-electron chi connectivity index (χ1n) is 9.60. The zero-order valence-electron chi connectivity index (χ0n) is 17.3. The Morgan fingerprint density at radius 1 is 1.04 bits per heavy atom. The van der Waals surface area contributed by atoms with Crippen molar-refractivity contribution < 1.29 is 14.2 Å². The van der Waals surface area contributed by atoms with Gasteiger partial charge in [-0.15, -0.1) is 0 Å². The lowest BCUT2D eigenvalue weighted by Crippen LogP contribution is -2.22. The average Bonchev–Trinajstić information content (AvgIpc) is 2.60. The molecule has 0 radical (unpaired) electrons. The molecule has 0 amide bonds. The smallest absolute Gasteiger partial charge is 0.292 e. The van der Waals surface area contributed by atoms with Crippen molar-refractivity contribution >= 4 is 8.38 Å². The van der Waals surface area contributed by atoms with E-state index in [1.807, 2.05) is 0 Å². The van der Waals surface area contributed by atoms with Crippen LogP contribution < -0.4 is 9.05 Å². The number of aryl methyl sites for hydroxylation is 1. The van der Waals surface area contributed by atoms with Gasteiger partial charge >= 0.3 is 0 Å². The largest absolute Gasteiger partial charge is 0.438 e. The molecule has 1 aliphatic rings. The summed E-state index contributed by atoms with van der Waals surface area (Å²) in [6, 6.07) is 12.8. The van der Waals surface area contributed by atoms with Crippen LogP contribution in [-0.4, -0.2) is 17.9 Å². The molecule has 1 N–H and O–H groups in total. The second kappa shape index (κ2) is 7.45. The molecule has 2 aromatic carbocycles. The fourth-order valence-corrected chi connectivity index (χ4v) is 4.94. The Bertz CT molecular complexity index is 821. The summed E-state index contributed by atoms with van der Waals surface area (Å²) >= 11 is 0. The van der Waals surface area contributed by atoms with Gasteiger partial charge in [-0.3, -0.25) is 0 Å². The minimum Gasteiger partial charge on any atom is -0.438 e. The number of hydrogen-bond donors (Lipinski definition) is 1. The lowest BCUT2D eigenvalue weighted by Gasteiger charge is -2.28. The summed E-state index contributed by atoms with van der Waals surface area (Å²) in [6.45, 7) is 13.3. The summed E-state index contributed by atoms with van der Waals surface area (Å²) in [6.07, 6.45) is 1.36. The van der Waals surface area contributed by atoms with Crippen LogP contribution in [0.4, 0.5) is 0 Å². The molecule has 0 spiro atoms. The zero-order valence-corrected chi connectivity index (χ0v) is 18.2. The Morgan fingerprint density at radius 2 is 1.70 bits per heavy atom. The first-order chi connectivity index (χ1) is 12.6. The van der Waals surface area contributed by atoms with Crippen LogP contribution in [0.5, 0.6) is 11.5 Å². The van der Waals surface area contributed by atoms with Crippen LogP contribution in [0.1, 0.15) is 56.9 Å². The van der Waals surface area contributed by atoms with Crippen LogP contribution in [0.15, 0.2) is 36.4 Å². The third kappa shape index (κ3) is 4.15. The summed E-state index contributed by atoms with van der Waals surface area (Å²) in [7, 11) is -1.28. The van der Waals surface area contributed by atoms with Crippen LogP contribution in [0.25, 0.3) is 0 Å². The molecule has 4 heteroatoms. The monoisotopic (exact) mass is 386 g/mol. The Morgan fingerprint density at radius 3 is 2.37 bits per heavy atom. The summed E-state index contributed by atoms with van der Waals surface area (Å²) in [5, 5.41) is 9.60. The van der Waals surface area contributed by atoms with E-state index in [9.17, 15) is 5.11 Å². The SMILES string of the molecule is Cc1cccc2c1OP(CCO)Oc1c(cccc1C(C)(C)C)CC2(C)C. The molecular formula is C23H31O3P. The summed E-state index contributed by atoms with van der Waals surface area (Å²) < 4.78 is 12.9. The summed E-state index contributed by atoms with van der Waals surface area (Å²) in [4.78, 5) is 0. The molecule has 0 saturated heterocycles. The van der Waals surface area contributed by atoms with E-state index >= 15 is 0 Å². The minimum atomic E-state index is -1.28. The highest BCUT2D eigenvalue weighted by atomic mass is 31.2. The van der Waals surface area contributed by atoms with E-state index in [0.29, 0.717) is 6.16 Å². The quantitative estimate of drug-likeness (QED) is 0.654. The zero-order chi connectivity index (χ0) is 19.8. The molecule has 1 unspecified atom stereocenters. The van der Waals surface area contributed by atoms with Crippen molar-refractivity contribution in [3.8, 4) is 11.5 Å². The third-order valence-corrected chi connectivity index (χ3v) is 6.48. The Labute approximate surface area is 164 Å². The number of rotatable bonds is 2. The number of benzene rings is 2. The predicted octanol–water partition coefficient (Wildman–Crippen LogP) is 5.89. The molecule has 2 aromatic rings. The molecular weight excluding hydrogens is 355 g/mol. The van der Waals surface area contributed by atoms with E-state index in [4.69, 9.17) is 9.05 Å². The van der Waals surface area contributed by atoms with Gasteiger partial charge in [-0.2, -0.15) is 0 Å². The van der Waals surface area contributed by atoms with Gasteiger partial charge in [0.15, 0.2) is 0 Å². The highest BCUT2D eigenvalue weighted by molar-refractivity contribution is 7.48. The number of aliphatic hydroxyl groups is 1. The van der Waals surface area contributed by atoms with Gasteiger partial charge in [0.1, 0.15) is 11.5 Å². The van der Waals surface area contributed by atoms with Crippen LogP contribution >= 0.6 is 8.38 Å². The average molecular weight is 386 g/mol. The Kier molecular flexibility index (Phi) is 5.57. The fourth-order valence-electron chi connectivity index (χ4n) is 3.70. The van der Waals surface area contributed by atoms with Gasteiger partial charge in [-0.1, -0.05) is 71.0 Å². The van der Waals surface area contributed by atoms with Crippen molar-refractivity contribution in [1.82, 2.24) is 0 Å². The van der Waals surface area contributed by atoms with E-state index < -0.39 is 8.38 Å². The normalized spacial score (nSPS) is 18.9. The first kappa shape index (κ1) is 20.2. The van der Waals surface area contributed by atoms with E-state index in [1.54, 1.807) is 0 Å². The first-order valence-corrected chi connectivity index (χ1v) is 11.0. The second-order valence-corrected chi connectivity index (χ2v) is 10.5. The summed E-state index contributed by atoms with van der Waals surface area (Å²) in [5.41, 5.74) is 4.57. The maximum Gasteiger partial charge on any atom is 0.292 e. The van der Waals surface area contributed by atoms with Crippen molar-refractivity contribution in [2.75, 3.05) is 12.8 Å². The minimum absolute atomic E-state index is 0.0352. The van der Waals surface area contributed by atoms with Gasteiger partial charge in [0.2, 0.25) is 0 Å². The molecule has 1 atom stereocenters. The van der Waals surface area contributed by atoms with Crippen molar-refractivity contribution in [3.63, 3.8) is 0 Å². The predicted molar refractivity (Wildman–Crippen MR) is 113 cm³/mol. The lowest BCUT2D eigenvalue weighted by atomic mass is 9.76.